The molecule has 0 aromatic heterocycles. The molecule has 1 saturated heterocycles. The minimum atomic E-state index is 0.624. The normalized spacial score (nSPS) is 22.3. The predicted octanol–water partition coefficient (Wildman–Crippen LogP) is 4.82. The maximum atomic E-state index is 3.71. The van der Waals surface area contributed by atoms with Gasteiger partial charge in [-0.1, -0.05) is 66.0 Å². The van der Waals surface area contributed by atoms with Crippen LogP contribution in [0.3, 0.4) is 0 Å². The number of rotatable bonds is 6. The fourth-order valence-corrected chi connectivity index (χ4v) is 3.79. The first kappa shape index (κ1) is 15.1. The Morgan fingerprint density at radius 2 is 2.05 bits per heavy atom. The molecule has 0 aliphatic carbocycles. The van der Waals surface area contributed by atoms with Crippen LogP contribution in [0, 0.1) is 0 Å². The Labute approximate surface area is 126 Å². The van der Waals surface area contributed by atoms with E-state index in [1.807, 2.05) is 0 Å². The molecular formula is C17H26BrN. The summed E-state index contributed by atoms with van der Waals surface area (Å²) >= 11 is 3.71. The lowest BCUT2D eigenvalue weighted by molar-refractivity contribution is 0.133. The van der Waals surface area contributed by atoms with Gasteiger partial charge in [-0.15, -0.1) is 0 Å². The topological polar surface area (TPSA) is 3.24 Å². The van der Waals surface area contributed by atoms with Crippen LogP contribution in [0.5, 0.6) is 0 Å². The van der Waals surface area contributed by atoms with Gasteiger partial charge in [-0.2, -0.15) is 0 Å². The summed E-state index contributed by atoms with van der Waals surface area (Å²) in [7, 11) is 0. The van der Waals surface area contributed by atoms with E-state index in [1.165, 1.54) is 50.8 Å². The molecule has 0 N–H and O–H groups in total. The van der Waals surface area contributed by atoms with E-state index in [4.69, 9.17) is 0 Å². The number of alkyl halides is 1. The largest absolute Gasteiger partial charge is 0.300 e. The Morgan fingerprint density at radius 1 is 1.26 bits per heavy atom. The fraction of sp³-hybridized carbons (Fsp3) is 0.647. The molecule has 0 radical (unpaired) electrons. The van der Waals surface area contributed by atoms with Crippen molar-refractivity contribution >= 4 is 15.9 Å². The molecule has 0 bridgehead atoms. The highest BCUT2D eigenvalue weighted by Gasteiger charge is 2.24. The van der Waals surface area contributed by atoms with Crippen molar-refractivity contribution in [1.82, 2.24) is 4.90 Å². The van der Waals surface area contributed by atoms with Gasteiger partial charge in [0, 0.05) is 23.8 Å². The second kappa shape index (κ2) is 8.06. The number of hydrogen-bond donors (Lipinski definition) is 0. The summed E-state index contributed by atoms with van der Waals surface area (Å²) in [6.45, 7) is 4.81. The van der Waals surface area contributed by atoms with Crippen LogP contribution < -0.4 is 0 Å². The molecule has 1 heterocycles. The van der Waals surface area contributed by atoms with Crippen molar-refractivity contribution in [3.63, 3.8) is 0 Å². The lowest BCUT2D eigenvalue weighted by atomic mass is 9.94. The van der Waals surface area contributed by atoms with E-state index in [-0.39, 0.29) is 0 Å². The molecule has 19 heavy (non-hydrogen) atoms. The lowest BCUT2D eigenvalue weighted by Gasteiger charge is -2.37. The maximum absolute atomic E-state index is 3.71. The number of likely N-dealkylation sites (tertiary alicyclic amines) is 1. The molecule has 1 aliphatic heterocycles. The average Bonchev–Trinajstić information content (AvgIpc) is 2.47. The Morgan fingerprint density at radius 3 is 2.74 bits per heavy atom. The zero-order valence-electron chi connectivity index (χ0n) is 12.0. The Kier molecular flexibility index (Phi) is 6.39. The third-order valence-electron chi connectivity index (χ3n) is 4.28. The summed E-state index contributed by atoms with van der Waals surface area (Å²) in [5.74, 6) is 0.624. The molecule has 2 atom stereocenters. The molecule has 0 saturated carbocycles. The van der Waals surface area contributed by atoms with Gasteiger partial charge >= 0.3 is 0 Å². The Balaban J connectivity index is 2.00. The smallest absolute Gasteiger partial charge is 0.0112 e. The molecule has 1 fully saturated rings. The van der Waals surface area contributed by atoms with Gasteiger partial charge < -0.3 is 0 Å². The minimum Gasteiger partial charge on any atom is -0.300 e. The Hall–Kier alpha value is -0.340. The zero-order chi connectivity index (χ0) is 13.5. The maximum Gasteiger partial charge on any atom is 0.0112 e. The van der Waals surface area contributed by atoms with Crippen molar-refractivity contribution in [3.05, 3.63) is 35.9 Å². The third kappa shape index (κ3) is 4.32. The van der Waals surface area contributed by atoms with Crippen molar-refractivity contribution in [3.8, 4) is 0 Å². The number of hydrogen-bond acceptors (Lipinski definition) is 1. The first-order valence-electron chi connectivity index (χ1n) is 7.70. The van der Waals surface area contributed by atoms with E-state index in [0.29, 0.717) is 5.92 Å². The van der Waals surface area contributed by atoms with Gasteiger partial charge in [0.15, 0.2) is 0 Å². The van der Waals surface area contributed by atoms with E-state index in [9.17, 15) is 0 Å². The summed E-state index contributed by atoms with van der Waals surface area (Å²) in [6.07, 6.45) is 6.88. The first-order chi connectivity index (χ1) is 9.35. The average molecular weight is 324 g/mol. The standard InChI is InChI=1S/C17H26BrN/c1-2-8-17-11-6-7-12-19(17)14-16(13-18)15-9-4-3-5-10-15/h3-5,9-10,16-17H,2,6-8,11-14H2,1H3. The molecular weight excluding hydrogens is 298 g/mol. The van der Waals surface area contributed by atoms with E-state index in [0.717, 1.165) is 11.4 Å². The SMILES string of the molecule is CCCC1CCCCN1CC(CBr)c1ccccc1. The minimum absolute atomic E-state index is 0.624. The molecule has 0 spiro atoms. The van der Waals surface area contributed by atoms with Crippen LogP contribution in [0.15, 0.2) is 30.3 Å². The summed E-state index contributed by atoms with van der Waals surface area (Å²) in [5.41, 5.74) is 1.47. The van der Waals surface area contributed by atoms with Crippen molar-refractivity contribution < 1.29 is 0 Å². The highest BCUT2D eigenvalue weighted by atomic mass is 79.9. The lowest BCUT2D eigenvalue weighted by Crippen LogP contribution is -2.42. The van der Waals surface area contributed by atoms with E-state index in [1.54, 1.807) is 0 Å². The highest BCUT2D eigenvalue weighted by Crippen LogP contribution is 2.26. The van der Waals surface area contributed by atoms with Gasteiger partial charge in [0.2, 0.25) is 0 Å². The fourth-order valence-electron chi connectivity index (χ4n) is 3.21. The molecule has 1 aromatic rings. The molecule has 1 aromatic carbocycles. The molecule has 1 aliphatic rings. The monoisotopic (exact) mass is 323 g/mol. The third-order valence-corrected chi connectivity index (χ3v) is 5.06. The second-order valence-electron chi connectivity index (χ2n) is 5.70. The molecule has 106 valence electrons. The Bertz CT molecular complexity index is 350. The molecule has 1 nitrogen and oxygen atoms in total. The van der Waals surface area contributed by atoms with Gasteiger partial charge in [-0.05, 0) is 31.4 Å². The molecule has 0 amide bonds. The first-order valence-corrected chi connectivity index (χ1v) is 8.82. The predicted molar refractivity (Wildman–Crippen MR) is 87.1 cm³/mol. The van der Waals surface area contributed by atoms with E-state index >= 15 is 0 Å². The van der Waals surface area contributed by atoms with Crippen LogP contribution in [0.25, 0.3) is 0 Å². The number of nitrogens with zero attached hydrogens (tertiary/aromatic N) is 1. The van der Waals surface area contributed by atoms with Gasteiger partial charge in [-0.3, -0.25) is 4.90 Å². The van der Waals surface area contributed by atoms with Crippen LogP contribution in [0.2, 0.25) is 0 Å². The summed E-state index contributed by atoms with van der Waals surface area (Å²) in [5, 5.41) is 1.06. The van der Waals surface area contributed by atoms with Gasteiger partial charge in [-0.25, -0.2) is 0 Å². The molecule has 2 rings (SSSR count). The van der Waals surface area contributed by atoms with E-state index in [2.05, 4.69) is 58.1 Å². The van der Waals surface area contributed by atoms with Crippen molar-refractivity contribution in [2.45, 2.75) is 51.0 Å². The van der Waals surface area contributed by atoms with Crippen molar-refractivity contribution in [2.75, 3.05) is 18.4 Å². The van der Waals surface area contributed by atoms with E-state index < -0.39 is 0 Å². The second-order valence-corrected chi connectivity index (χ2v) is 6.34. The van der Waals surface area contributed by atoms with Gasteiger partial charge in [0.05, 0.1) is 0 Å². The summed E-state index contributed by atoms with van der Waals surface area (Å²) in [4.78, 5) is 2.74. The molecule has 2 unspecified atom stereocenters. The number of benzene rings is 1. The van der Waals surface area contributed by atoms with Crippen molar-refractivity contribution in [2.24, 2.45) is 0 Å². The summed E-state index contributed by atoms with van der Waals surface area (Å²) < 4.78 is 0. The van der Waals surface area contributed by atoms with Crippen LogP contribution in [-0.2, 0) is 0 Å². The quantitative estimate of drug-likeness (QED) is 0.678. The summed E-state index contributed by atoms with van der Waals surface area (Å²) in [6, 6.07) is 11.8. The number of piperidine rings is 1. The molecule has 2 heteroatoms. The van der Waals surface area contributed by atoms with Crippen LogP contribution in [0.1, 0.15) is 50.5 Å². The zero-order valence-corrected chi connectivity index (χ0v) is 13.6. The van der Waals surface area contributed by atoms with Gasteiger partial charge in [0.25, 0.3) is 0 Å². The van der Waals surface area contributed by atoms with Gasteiger partial charge in [0.1, 0.15) is 0 Å². The van der Waals surface area contributed by atoms with Crippen LogP contribution >= 0.6 is 15.9 Å². The van der Waals surface area contributed by atoms with Crippen molar-refractivity contribution in [1.29, 1.82) is 0 Å². The van der Waals surface area contributed by atoms with Crippen LogP contribution in [-0.4, -0.2) is 29.4 Å². The highest BCUT2D eigenvalue weighted by molar-refractivity contribution is 9.09. The van der Waals surface area contributed by atoms with Crippen LogP contribution in [0.4, 0.5) is 0 Å². The number of halogens is 1.